The van der Waals surface area contributed by atoms with Crippen molar-refractivity contribution in [2.45, 2.75) is 6.92 Å². The Bertz CT molecular complexity index is 731. The molecule has 3 nitrogen and oxygen atoms in total. The van der Waals surface area contributed by atoms with Crippen molar-refractivity contribution in [3.63, 3.8) is 0 Å². The van der Waals surface area contributed by atoms with Gasteiger partial charge in [0.15, 0.2) is 0 Å². The molecule has 0 aliphatic heterocycles. The molecule has 0 saturated heterocycles. The minimum Gasteiger partial charge on any atom is -0.383 e. The molecule has 4 heteroatoms. The molecule has 0 radical (unpaired) electrons. The fraction of sp³-hybridized carbons (Fsp3) is 0.0714. The van der Waals surface area contributed by atoms with Crippen molar-refractivity contribution < 1.29 is 0 Å². The molecular formula is C14H12BrN3. The van der Waals surface area contributed by atoms with Gasteiger partial charge < -0.3 is 5.73 Å². The molecule has 0 aliphatic rings. The maximum absolute atomic E-state index is 6.21. The zero-order valence-corrected chi connectivity index (χ0v) is 11.5. The quantitative estimate of drug-likeness (QED) is 0.745. The van der Waals surface area contributed by atoms with Crippen molar-refractivity contribution in [1.82, 2.24) is 9.38 Å². The van der Waals surface area contributed by atoms with Gasteiger partial charge in [-0.3, -0.25) is 4.40 Å². The van der Waals surface area contributed by atoms with E-state index in [1.165, 1.54) is 0 Å². The molecule has 0 bridgehead atoms. The van der Waals surface area contributed by atoms with E-state index in [-0.39, 0.29) is 0 Å². The average molecular weight is 302 g/mol. The summed E-state index contributed by atoms with van der Waals surface area (Å²) >= 11 is 3.47. The van der Waals surface area contributed by atoms with Crippen LogP contribution in [0.5, 0.6) is 0 Å². The number of aromatic nitrogens is 2. The summed E-state index contributed by atoms with van der Waals surface area (Å²) in [5, 5.41) is 0. The predicted octanol–water partition coefficient (Wildman–Crippen LogP) is 3.65. The normalized spacial score (nSPS) is 11.0. The number of nitrogen functional groups attached to an aromatic ring is 1. The van der Waals surface area contributed by atoms with Crippen LogP contribution < -0.4 is 5.73 Å². The lowest BCUT2D eigenvalue weighted by Crippen LogP contribution is -1.97. The van der Waals surface area contributed by atoms with E-state index in [0.717, 1.165) is 27.1 Å². The van der Waals surface area contributed by atoms with E-state index in [9.17, 15) is 0 Å². The van der Waals surface area contributed by atoms with E-state index in [1.807, 2.05) is 53.8 Å². The van der Waals surface area contributed by atoms with E-state index in [2.05, 4.69) is 20.9 Å². The third kappa shape index (κ3) is 1.69. The number of nitrogens with two attached hydrogens (primary N) is 1. The van der Waals surface area contributed by atoms with Crippen LogP contribution in [-0.2, 0) is 0 Å². The molecule has 18 heavy (non-hydrogen) atoms. The molecule has 1 aromatic carbocycles. The molecule has 0 saturated carbocycles. The number of pyridine rings is 1. The van der Waals surface area contributed by atoms with E-state index in [0.29, 0.717) is 5.82 Å². The summed E-state index contributed by atoms with van der Waals surface area (Å²) in [7, 11) is 0. The van der Waals surface area contributed by atoms with Crippen molar-refractivity contribution in [3.8, 4) is 11.3 Å². The van der Waals surface area contributed by atoms with Gasteiger partial charge in [-0.05, 0) is 31.2 Å². The van der Waals surface area contributed by atoms with Crippen LogP contribution in [0.3, 0.4) is 0 Å². The maximum atomic E-state index is 6.21. The molecule has 2 heterocycles. The number of benzene rings is 1. The summed E-state index contributed by atoms with van der Waals surface area (Å²) in [6, 6.07) is 14.0. The van der Waals surface area contributed by atoms with Crippen LogP contribution in [0.2, 0.25) is 0 Å². The van der Waals surface area contributed by atoms with Crippen molar-refractivity contribution in [1.29, 1.82) is 0 Å². The van der Waals surface area contributed by atoms with Crippen LogP contribution >= 0.6 is 15.9 Å². The van der Waals surface area contributed by atoms with Gasteiger partial charge in [0, 0.05) is 15.7 Å². The van der Waals surface area contributed by atoms with Crippen LogP contribution in [0.1, 0.15) is 5.69 Å². The monoisotopic (exact) mass is 301 g/mol. The van der Waals surface area contributed by atoms with Gasteiger partial charge in [-0.15, -0.1) is 0 Å². The zero-order valence-electron chi connectivity index (χ0n) is 9.89. The van der Waals surface area contributed by atoms with Crippen molar-refractivity contribution in [3.05, 3.63) is 52.6 Å². The second-order valence-corrected chi connectivity index (χ2v) is 5.13. The Morgan fingerprint density at radius 2 is 1.94 bits per heavy atom. The number of rotatable bonds is 1. The minimum absolute atomic E-state index is 0.682. The van der Waals surface area contributed by atoms with Gasteiger partial charge in [-0.1, -0.05) is 34.1 Å². The molecule has 3 aromatic rings. The van der Waals surface area contributed by atoms with Crippen molar-refractivity contribution in [2.75, 3.05) is 5.73 Å². The number of nitrogens with zero attached hydrogens (tertiary/aromatic N) is 2. The summed E-state index contributed by atoms with van der Waals surface area (Å²) < 4.78 is 2.99. The molecular weight excluding hydrogens is 290 g/mol. The Labute approximate surface area is 113 Å². The van der Waals surface area contributed by atoms with Crippen LogP contribution in [0.25, 0.3) is 16.9 Å². The van der Waals surface area contributed by atoms with E-state index < -0.39 is 0 Å². The molecule has 2 N–H and O–H groups in total. The lowest BCUT2D eigenvalue weighted by Gasteiger charge is -2.02. The molecule has 90 valence electrons. The Balaban J connectivity index is 2.31. The van der Waals surface area contributed by atoms with Gasteiger partial charge in [0.25, 0.3) is 0 Å². The molecule has 2 aromatic heterocycles. The summed E-state index contributed by atoms with van der Waals surface area (Å²) in [5.41, 5.74) is 10.0. The molecule has 0 aliphatic carbocycles. The predicted molar refractivity (Wildman–Crippen MR) is 77.5 cm³/mol. The lowest BCUT2D eigenvalue weighted by atomic mass is 10.1. The maximum Gasteiger partial charge on any atom is 0.139 e. The van der Waals surface area contributed by atoms with Gasteiger partial charge >= 0.3 is 0 Å². The van der Waals surface area contributed by atoms with Gasteiger partial charge in [0.1, 0.15) is 17.2 Å². The number of halogens is 1. The molecule has 0 fully saturated rings. The second kappa shape index (κ2) is 4.14. The first-order valence-corrected chi connectivity index (χ1v) is 6.45. The Kier molecular flexibility index (Phi) is 2.59. The highest BCUT2D eigenvalue weighted by Gasteiger charge is 2.12. The minimum atomic E-state index is 0.682. The SMILES string of the molecule is Cc1cccc2nc(-c3cccc(Br)c3)c(N)n12. The van der Waals surface area contributed by atoms with Crippen LogP contribution in [0, 0.1) is 6.92 Å². The van der Waals surface area contributed by atoms with Crippen molar-refractivity contribution in [2.24, 2.45) is 0 Å². The highest BCUT2D eigenvalue weighted by molar-refractivity contribution is 9.10. The molecule has 0 atom stereocenters. The summed E-state index contributed by atoms with van der Waals surface area (Å²) in [4.78, 5) is 4.60. The fourth-order valence-electron chi connectivity index (χ4n) is 2.13. The number of hydrogen-bond acceptors (Lipinski definition) is 2. The molecule has 0 spiro atoms. The average Bonchev–Trinajstić information content (AvgIpc) is 2.68. The number of imidazole rings is 1. The van der Waals surface area contributed by atoms with Crippen LogP contribution in [-0.4, -0.2) is 9.38 Å². The smallest absolute Gasteiger partial charge is 0.139 e. The Hall–Kier alpha value is -1.81. The summed E-state index contributed by atoms with van der Waals surface area (Å²) in [6.45, 7) is 2.02. The molecule has 0 amide bonds. The second-order valence-electron chi connectivity index (χ2n) is 4.22. The standard InChI is InChI=1S/C14H12BrN3/c1-9-4-2-7-12-17-13(14(16)18(9)12)10-5-3-6-11(15)8-10/h2-8H,16H2,1H3. The number of aryl methyl sites for hydroxylation is 1. The summed E-state index contributed by atoms with van der Waals surface area (Å²) in [5.74, 6) is 0.682. The first-order valence-electron chi connectivity index (χ1n) is 5.66. The first-order chi connectivity index (χ1) is 8.66. The summed E-state index contributed by atoms with van der Waals surface area (Å²) in [6.07, 6.45) is 0. The number of fused-ring (bicyclic) bond motifs is 1. The van der Waals surface area contributed by atoms with Crippen molar-refractivity contribution >= 4 is 27.4 Å². The van der Waals surface area contributed by atoms with E-state index in [4.69, 9.17) is 5.73 Å². The topological polar surface area (TPSA) is 43.3 Å². The highest BCUT2D eigenvalue weighted by Crippen LogP contribution is 2.28. The van der Waals surface area contributed by atoms with E-state index in [1.54, 1.807) is 0 Å². The molecule has 0 unspecified atom stereocenters. The van der Waals surface area contributed by atoms with Gasteiger partial charge in [-0.25, -0.2) is 4.98 Å². The lowest BCUT2D eigenvalue weighted by molar-refractivity contribution is 1.10. The first kappa shape index (κ1) is 11.3. The third-order valence-electron chi connectivity index (χ3n) is 2.97. The number of anilines is 1. The van der Waals surface area contributed by atoms with Gasteiger partial charge in [0.2, 0.25) is 0 Å². The van der Waals surface area contributed by atoms with Gasteiger partial charge in [-0.2, -0.15) is 0 Å². The van der Waals surface area contributed by atoms with Gasteiger partial charge in [0.05, 0.1) is 0 Å². The van der Waals surface area contributed by atoms with Crippen LogP contribution in [0.15, 0.2) is 46.9 Å². The fourth-order valence-corrected chi connectivity index (χ4v) is 2.53. The zero-order chi connectivity index (χ0) is 12.7. The Morgan fingerprint density at radius 1 is 1.17 bits per heavy atom. The van der Waals surface area contributed by atoms with E-state index >= 15 is 0 Å². The molecule has 3 rings (SSSR count). The number of hydrogen-bond donors (Lipinski definition) is 1. The third-order valence-corrected chi connectivity index (χ3v) is 3.47. The Morgan fingerprint density at radius 3 is 2.67 bits per heavy atom. The largest absolute Gasteiger partial charge is 0.383 e. The highest BCUT2D eigenvalue weighted by atomic mass is 79.9. The van der Waals surface area contributed by atoms with Crippen LogP contribution in [0.4, 0.5) is 5.82 Å².